The van der Waals surface area contributed by atoms with Crippen molar-refractivity contribution >= 4 is 29.3 Å². The molecule has 10 heteroatoms. The van der Waals surface area contributed by atoms with Gasteiger partial charge in [-0.3, -0.25) is 14.5 Å². The fraction of sp³-hybridized carbons (Fsp3) is 0.316. The molecule has 1 atom stereocenters. The van der Waals surface area contributed by atoms with Crippen LogP contribution in [0.3, 0.4) is 0 Å². The highest BCUT2D eigenvalue weighted by atomic mass is 16.6. The lowest BCUT2D eigenvalue weighted by atomic mass is 10.2. The smallest absolute Gasteiger partial charge is 0.414 e. The van der Waals surface area contributed by atoms with Crippen molar-refractivity contribution in [3.8, 4) is 5.95 Å². The third-order valence-electron chi connectivity index (χ3n) is 4.64. The third kappa shape index (κ3) is 4.02. The molecule has 0 bridgehead atoms. The number of carbonyl (C=O) groups excluding carboxylic acids is 3. The molecule has 2 fully saturated rings. The Bertz CT molecular complexity index is 924. The first-order valence-electron chi connectivity index (χ1n) is 9.04. The molecule has 2 N–H and O–H groups in total. The molecule has 2 aliphatic heterocycles. The summed E-state index contributed by atoms with van der Waals surface area (Å²) in [6.07, 6.45) is -1.05. The van der Waals surface area contributed by atoms with E-state index in [4.69, 9.17) is 19.0 Å². The van der Waals surface area contributed by atoms with Gasteiger partial charge in [0.1, 0.15) is 12.7 Å². The van der Waals surface area contributed by atoms with Crippen LogP contribution in [-0.4, -0.2) is 62.0 Å². The van der Waals surface area contributed by atoms with Gasteiger partial charge >= 0.3 is 6.09 Å². The van der Waals surface area contributed by atoms with Gasteiger partial charge in [0.2, 0.25) is 0 Å². The second-order valence-electron chi connectivity index (χ2n) is 6.58. The van der Waals surface area contributed by atoms with Crippen LogP contribution in [0.5, 0.6) is 5.95 Å². The number of anilines is 2. The van der Waals surface area contributed by atoms with Gasteiger partial charge in [-0.05, 0) is 30.3 Å². The van der Waals surface area contributed by atoms with E-state index in [0.717, 1.165) is 5.69 Å². The number of hydrogen-bond acceptors (Lipinski definition) is 7. The largest absolute Gasteiger partial charge is 0.481 e. The Hall–Kier alpha value is -3.53. The molecule has 0 spiro atoms. The number of aromatic hydroxyl groups is 1. The molecule has 0 radical (unpaired) electrons. The number of amides is 3. The van der Waals surface area contributed by atoms with Crippen LogP contribution in [0.1, 0.15) is 10.6 Å². The number of benzene rings is 1. The van der Waals surface area contributed by atoms with Crippen LogP contribution in [0.15, 0.2) is 40.8 Å². The van der Waals surface area contributed by atoms with Crippen molar-refractivity contribution in [1.82, 2.24) is 5.32 Å². The summed E-state index contributed by atoms with van der Waals surface area (Å²) in [4.78, 5) is 39.2. The van der Waals surface area contributed by atoms with E-state index >= 15 is 0 Å². The molecule has 2 aliphatic rings. The summed E-state index contributed by atoms with van der Waals surface area (Å²) in [5.74, 6) is -1.00. The number of rotatable bonds is 5. The van der Waals surface area contributed by atoms with E-state index in [-0.39, 0.29) is 37.3 Å². The minimum absolute atomic E-state index is 0.0306. The monoisotopic (exact) mass is 401 g/mol. The molecule has 1 aromatic carbocycles. The minimum Gasteiger partial charge on any atom is -0.481 e. The molecule has 2 aromatic rings. The summed E-state index contributed by atoms with van der Waals surface area (Å²) in [5.41, 5.74) is 1.37. The topological polar surface area (TPSA) is 122 Å². The average Bonchev–Trinajstić information content (AvgIpc) is 3.32. The highest BCUT2D eigenvalue weighted by molar-refractivity contribution is 5.96. The Morgan fingerprint density at radius 2 is 1.83 bits per heavy atom. The minimum atomic E-state index is -0.532. The first kappa shape index (κ1) is 18.8. The number of nitrogens with one attached hydrogen (secondary N) is 1. The highest BCUT2D eigenvalue weighted by Crippen LogP contribution is 2.25. The molecular weight excluding hydrogens is 382 g/mol. The van der Waals surface area contributed by atoms with Crippen molar-refractivity contribution in [2.45, 2.75) is 6.10 Å². The van der Waals surface area contributed by atoms with E-state index in [2.05, 4.69) is 5.32 Å². The van der Waals surface area contributed by atoms with Crippen molar-refractivity contribution in [3.05, 3.63) is 42.2 Å². The van der Waals surface area contributed by atoms with Gasteiger partial charge in [0.15, 0.2) is 5.76 Å². The van der Waals surface area contributed by atoms with Crippen LogP contribution in [0.4, 0.5) is 16.2 Å². The van der Waals surface area contributed by atoms with E-state index in [0.29, 0.717) is 18.8 Å². The van der Waals surface area contributed by atoms with Crippen LogP contribution in [0.25, 0.3) is 0 Å². The van der Waals surface area contributed by atoms with E-state index in [1.807, 2.05) is 0 Å². The summed E-state index contributed by atoms with van der Waals surface area (Å²) in [7, 11) is 0. The molecule has 4 rings (SSSR count). The Labute approximate surface area is 165 Å². The Kier molecular flexibility index (Phi) is 5.09. The average molecular weight is 401 g/mol. The Balaban J connectivity index is 1.35. The first-order chi connectivity index (χ1) is 14.0. The van der Waals surface area contributed by atoms with Crippen LogP contribution < -0.4 is 15.1 Å². The van der Waals surface area contributed by atoms with E-state index in [1.165, 1.54) is 17.0 Å². The lowest BCUT2D eigenvalue weighted by Gasteiger charge is -2.27. The van der Waals surface area contributed by atoms with E-state index in [1.54, 1.807) is 29.2 Å². The maximum atomic E-state index is 12.2. The number of furan rings is 1. The van der Waals surface area contributed by atoms with Gasteiger partial charge in [-0.15, -0.1) is 0 Å². The summed E-state index contributed by atoms with van der Waals surface area (Å²) in [6.45, 7) is 1.39. The van der Waals surface area contributed by atoms with Gasteiger partial charge in [-0.2, -0.15) is 0 Å². The number of morpholine rings is 1. The van der Waals surface area contributed by atoms with E-state index in [9.17, 15) is 14.4 Å². The van der Waals surface area contributed by atoms with Gasteiger partial charge in [-0.25, -0.2) is 4.79 Å². The fourth-order valence-corrected chi connectivity index (χ4v) is 3.19. The lowest BCUT2D eigenvalue weighted by molar-refractivity contribution is -0.125. The van der Waals surface area contributed by atoms with Gasteiger partial charge in [0.25, 0.3) is 17.8 Å². The molecule has 1 aromatic heterocycles. The molecule has 152 valence electrons. The SMILES string of the molecule is O=C(NC[C@H]1CN(c2ccc(N3CCOCC3=O)cc2)C(=O)O1)c1ccc(O)o1. The number of ether oxygens (including phenoxy) is 2. The predicted octanol–water partition coefficient (Wildman–Crippen LogP) is 1.10. The highest BCUT2D eigenvalue weighted by Gasteiger charge is 2.33. The molecule has 3 amide bonds. The molecule has 10 nitrogen and oxygen atoms in total. The predicted molar refractivity (Wildman–Crippen MR) is 99.9 cm³/mol. The van der Waals surface area contributed by atoms with Crippen molar-refractivity contribution < 1.29 is 33.4 Å². The molecule has 0 saturated carbocycles. The maximum absolute atomic E-state index is 12.2. The zero-order valence-electron chi connectivity index (χ0n) is 15.4. The Morgan fingerprint density at radius 1 is 1.10 bits per heavy atom. The molecule has 0 unspecified atom stereocenters. The second-order valence-corrected chi connectivity index (χ2v) is 6.58. The summed E-state index contributed by atoms with van der Waals surface area (Å²) >= 11 is 0. The van der Waals surface area contributed by atoms with E-state index < -0.39 is 18.1 Å². The van der Waals surface area contributed by atoms with Crippen LogP contribution in [0, 0.1) is 0 Å². The number of carbonyl (C=O) groups is 3. The van der Waals surface area contributed by atoms with Crippen LogP contribution in [0.2, 0.25) is 0 Å². The number of hydrogen-bond donors (Lipinski definition) is 2. The van der Waals surface area contributed by atoms with Crippen LogP contribution >= 0.6 is 0 Å². The zero-order chi connectivity index (χ0) is 20.4. The fourth-order valence-electron chi connectivity index (χ4n) is 3.19. The molecular formula is C19H19N3O7. The van der Waals surface area contributed by atoms with Crippen molar-refractivity contribution in [2.24, 2.45) is 0 Å². The van der Waals surface area contributed by atoms with Crippen molar-refractivity contribution in [2.75, 3.05) is 42.6 Å². The van der Waals surface area contributed by atoms with Gasteiger partial charge in [0.05, 0.1) is 19.7 Å². The molecule has 29 heavy (non-hydrogen) atoms. The molecule has 0 aliphatic carbocycles. The zero-order valence-corrected chi connectivity index (χ0v) is 15.4. The van der Waals surface area contributed by atoms with Gasteiger partial charge in [-0.1, -0.05) is 0 Å². The van der Waals surface area contributed by atoms with Crippen molar-refractivity contribution in [1.29, 1.82) is 0 Å². The second kappa shape index (κ2) is 7.84. The number of nitrogens with zero attached hydrogens (tertiary/aromatic N) is 2. The van der Waals surface area contributed by atoms with Gasteiger partial charge in [0, 0.05) is 24.0 Å². The lowest BCUT2D eigenvalue weighted by Crippen LogP contribution is -2.41. The normalized spacial score (nSPS) is 19.4. The Morgan fingerprint density at radius 3 is 2.48 bits per heavy atom. The van der Waals surface area contributed by atoms with Crippen molar-refractivity contribution in [3.63, 3.8) is 0 Å². The molecule has 3 heterocycles. The first-order valence-corrected chi connectivity index (χ1v) is 9.04. The summed E-state index contributed by atoms with van der Waals surface area (Å²) in [5, 5.41) is 11.7. The summed E-state index contributed by atoms with van der Waals surface area (Å²) < 4.78 is 15.2. The summed E-state index contributed by atoms with van der Waals surface area (Å²) in [6, 6.07) is 9.63. The molecule has 2 saturated heterocycles. The van der Waals surface area contributed by atoms with Gasteiger partial charge < -0.3 is 29.2 Å². The standard InChI is InChI=1S/C19H19N3O7/c23-16-11-27-8-7-21(16)12-1-3-13(4-2-12)22-10-14(28-19(22)26)9-20-18(25)15-5-6-17(24)29-15/h1-6,14,24H,7-11H2,(H,20,25)/t14-/m0/s1. The quantitative estimate of drug-likeness (QED) is 0.769. The van der Waals surface area contributed by atoms with Crippen LogP contribution in [-0.2, 0) is 14.3 Å². The maximum Gasteiger partial charge on any atom is 0.414 e. The third-order valence-corrected chi connectivity index (χ3v) is 4.64. The number of cyclic esters (lactones) is 1.